The van der Waals surface area contributed by atoms with Crippen molar-refractivity contribution in [2.75, 3.05) is 19.7 Å². The average molecular weight is 379 g/mol. The largest absolute Gasteiger partial charge is 1.00 e. The van der Waals surface area contributed by atoms with Gasteiger partial charge in [-0.15, -0.1) is 0 Å². The highest BCUT2D eigenvalue weighted by atomic mass is 79.9. The number of benzene rings is 1. The third-order valence-corrected chi connectivity index (χ3v) is 4.14. The Kier molecular flexibility index (Phi) is 6.39. The van der Waals surface area contributed by atoms with Crippen LogP contribution in [0.15, 0.2) is 30.5 Å². The van der Waals surface area contributed by atoms with Crippen LogP contribution in [0.5, 0.6) is 0 Å². The summed E-state index contributed by atoms with van der Waals surface area (Å²) in [6.07, 6.45) is 7.38. The fourth-order valence-electron chi connectivity index (χ4n) is 3.08. The predicted molar refractivity (Wildman–Crippen MR) is 87.6 cm³/mol. The maximum atomic E-state index is 11.6. The standard InChI is InChI=1S/C18H23N2O2.BrH/c1-2-22-18(21)9-12-20-14-15(13-19-10-5-6-11-19)16-7-3-4-8-17(16)20;/h3-4,7-8,13-14H,2,5-6,9-12H2,1H3;1H/q+1;/p-1. The minimum Gasteiger partial charge on any atom is -1.00 e. The van der Waals surface area contributed by atoms with Gasteiger partial charge in [-0.05, 0) is 13.0 Å². The maximum absolute atomic E-state index is 11.6. The average Bonchev–Trinajstić information content (AvgIpc) is 3.15. The number of ether oxygens (including phenoxy) is 1. The van der Waals surface area contributed by atoms with Crippen LogP contribution in [-0.4, -0.2) is 41.0 Å². The summed E-state index contributed by atoms with van der Waals surface area (Å²) in [5.41, 5.74) is 2.42. The number of aryl methyl sites for hydroxylation is 1. The Bertz CT molecular complexity index is 698. The molecule has 0 amide bonds. The molecule has 0 atom stereocenters. The van der Waals surface area contributed by atoms with Crippen molar-refractivity contribution in [2.24, 2.45) is 0 Å². The Morgan fingerprint density at radius 1 is 1.30 bits per heavy atom. The third-order valence-electron chi connectivity index (χ3n) is 4.14. The van der Waals surface area contributed by atoms with Crippen molar-refractivity contribution >= 4 is 23.1 Å². The van der Waals surface area contributed by atoms with Crippen LogP contribution in [0.3, 0.4) is 0 Å². The maximum Gasteiger partial charge on any atom is 0.307 e. The first-order valence-electron chi connectivity index (χ1n) is 8.10. The van der Waals surface area contributed by atoms with E-state index < -0.39 is 0 Å². The molecule has 3 rings (SSSR count). The van der Waals surface area contributed by atoms with E-state index in [4.69, 9.17) is 4.74 Å². The van der Waals surface area contributed by atoms with Crippen molar-refractivity contribution in [2.45, 2.75) is 32.7 Å². The smallest absolute Gasteiger partial charge is 0.307 e. The van der Waals surface area contributed by atoms with E-state index in [9.17, 15) is 4.79 Å². The van der Waals surface area contributed by atoms with Gasteiger partial charge in [-0.2, -0.15) is 0 Å². The summed E-state index contributed by atoms with van der Waals surface area (Å²) in [6, 6.07) is 8.38. The van der Waals surface area contributed by atoms with E-state index in [0.29, 0.717) is 19.6 Å². The van der Waals surface area contributed by atoms with Crippen LogP contribution in [0, 0.1) is 0 Å². The second-order valence-corrected chi connectivity index (χ2v) is 5.72. The Morgan fingerprint density at radius 2 is 2.04 bits per heavy atom. The second-order valence-electron chi connectivity index (χ2n) is 5.72. The van der Waals surface area contributed by atoms with Crippen LogP contribution in [-0.2, 0) is 16.1 Å². The molecule has 0 bridgehead atoms. The first-order chi connectivity index (χ1) is 10.8. The molecule has 0 spiro atoms. The normalized spacial score (nSPS) is 13.9. The SMILES string of the molecule is CCOC(=O)CCn1cc(C=[N+]2CCCC2)c2ccccc21.[Br-]. The molecule has 0 saturated carbocycles. The van der Waals surface area contributed by atoms with Crippen LogP contribution >= 0.6 is 0 Å². The number of hydrogen-bond donors (Lipinski definition) is 0. The van der Waals surface area contributed by atoms with Crippen molar-refractivity contribution in [1.82, 2.24) is 4.57 Å². The van der Waals surface area contributed by atoms with E-state index in [-0.39, 0.29) is 23.0 Å². The molecule has 2 aromatic rings. The highest BCUT2D eigenvalue weighted by molar-refractivity contribution is 5.98. The molecule has 0 radical (unpaired) electrons. The number of carbonyl (C=O) groups is 1. The van der Waals surface area contributed by atoms with E-state index in [1.165, 1.54) is 29.3 Å². The zero-order chi connectivity index (χ0) is 15.4. The van der Waals surface area contributed by atoms with Gasteiger partial charge >= 0.3 is 5.97 Å². The molecule has 0 unspecified atom stereocenters. The lowest BCUT2D eigenvalue weighted by Crippen LogP contribution is -3.00. The van der Waals surface area contributed by atoms with Crippen molar-refractivity contribution in [1.29, 1.82) is 0 Å². The number of fused-ring (bicyclic) bond motifs is 1. The molecule has 4 nitrogen and oxygen atoms in total. The van der Waals surface area contributed by atoms with Crippen LogP contribution < -0.4 is 17.0 Å². The van der Waals surface area contributed by atoms with Gasteiger partial charge in [0, 0.05) is 36.5 Å². The molecule has 23 heavy (non-hydrogen) atoms. The van der Waals surface area contributed by atoms with Gasteiger partial charge in [-0.25, -0.2) is 4.58 Å². The minimum absolute atomic E-state index is 0. The number of halogens is 1. The topological polar surface area (TPSA) is 34.2 Å². The highest BCUT2D eigenvalue weighted by Gasteiger charge is 2.15. The van der Waals surface area contributed by atoms with E-state index in [1.807, 2.05) is 13.0 Å². The fraction of sp³-hybridized carbons (Fsp3) is 0.444. The van der Waals surface area contributed by atoms with Gasteiger partial charge < -0.3 is 26.3 Å². The summed E-state index contributed by atoms with van der Waals surface area (Å²) in [4.78, 5) is 11.6. The first kappa shape index (κ1) is 17.7. The van der Waals surface area contributed by atoms with Gasteiger partial charge in [0.2, 0.25) is 0 Å². The summed E-state index contributed by atoms with van der Waals surface area (Å²) in [7, 11) is 0. The molecule has 1 saturated heterocycles. The van der Waals surface area contributed by atoms with Gasteiger partial charge in [0.1, 0.15) is 13.1 Å². The number of carbonyl (C=O) groups excluding carboxylic acids is 1. The monoisotopic (exact) mass is 378 g/mol. The Morgan fingerprint density at radius 3 is 2.78 bits per heavy atom. The van der Waals surface area contributed by atoms with Gasteiger partial charge in [-0.1, -0.05) is 18.2 Å². The van der Waals surface area contributed by atoms with Crippen LogP contribution in [0.2, 0.25) is 0 Å². The van der Waals surface area contributed by atoms with Crippen LogP contribution in [0.25, 0.3) is 10.9 Å². The Balaban J connectivity index is 0.00000192. The summed E-state index contributed by atoms with van der Waals surface area (Å²) in [5.74, 6) is -0.134. The summed E-state index contributed by atoms with van der Waals surface area (Å²) in [6.45, 7) is 5.23. The molecule has 5 heteroatoms. The summed E-state index contributed by atoms with van der Waals surface area (Å²) >= 11 is 0. The fourth-order valence-corrected chi connectivity index (χ4v) is 3.08. The lowest BCUT2D eigenvalue weighted by Gasteiger charge is -2.04. The van der Waals surface area contributed by atoms with Gasteiger partial charge in [0.15, 0.2) is 6.21 Å². The van der Waals surface area contributed by atoms with Gasteiger partial charge in [-0.3, -0.25) is 4.79 Å². The quantitative estimate of drug-likeness (QED) is 0.534. The predicted octanol–water partition coefficient (Wildman–Crippen LogP) is -0.176. The molecule has 0 aliphatic carbocycles. The lowest BCUT2D eigenvalue weighted by molar-refractivity contribution is -0.500. The molecule has 1 fully saturated rings. The molecule has 1 aromatic heterocycles. The van der Waals surface area contributed by atoms with Crippen molar-refractivity contribution in [3.8, 4) is 0 Å². The third kappa shape index (κ3) is 4.22. The number of rotatable bonds is 5. The molecule has 1 aliphatic rings. The number of esters is 1. The number of nitrogens with zero attached hydrogens (tertiary/aromatic N) is 2. The molecular weight excluding hydrogens is 356 g/mol. The van der Waals surface area contributed by atoms with Crippen LogP contribution in [0.1, 0.15) is 31.7 Å². The van der Waals surface area contributed by atoms with Crippen molar-refractivity contribution in [3.05, 3.63) is 36.0 Å². The Labute approximate surface area is 147 Å². The molecule has 0 N–H and O–H groups in total. The highest BCUT2D eigenvalue weighted by Crippen LogP contribution is 2.21. The Hall–Kier alpha value is -1.62. The van der Waals surface area contributed by atoms with E-state index in [0.717, 1.165) is 13.1 Å². The van der Waals surface area contributed by atoms with Crippen molar-refractivity contribution in [3.63, 3.8) is 0 Å². The minimum atomic E-state index is -0.134. The molecule has 2 heterocycles. The van der Waals surface area contributed by atoms with E-state index in [2.05, 4.69) is 39.8 Å². The van der Waals surface area contributed by atoms with Crippen LogP contribution in [0.4, 0.5) is 0 Å². The second kappa shape index (κ2) is 8.29. The number of aromatic nitrogens is 1. The zero-order valence-corrected chi connectivity index (χ0v) is 15.1. The van der Waals surface area contributed by atoms with E-state index in [1.54, 1.807) is 0 Å². The van der Waals surface area contributed by atoms with E-state index >= 15 is 0 Å². The lowest BCUT2D eigenvalue weighted by atomic mass is 10.2. The molecular formula is C18H23BrN2O2. The molecule has 1 aromatic carbocycles. The number of para-hydroxylation sites is 1. The first-order valence-corrected chi connectivity index (χ1v) is 8.10. The number of hydrogen-bond acceptors (Lipinski definition) is 2. The van der Waals surface area contributed by atoms with Gasteiger partial charge in [0.05, 0.1) is 18.6 Å². The molecule has 124 valence electrons. The summed E-state index contributed by atoms with van der Waals surface area (Å²) < 4.78 is 9.57. The molecule has 1 aliphatic heterocycles. The van der Waals surface area contributed by atoms with Gasteiger partial charge in [0.25, 0.3) is 0 Å². The zero-order valence-electron chi connectivity index (χ0n) is 13.5. The van der Waals surface area contributed by atoms with Crippen molar-refractivity contribution < 1.29 is 31.1 Å². The summed E-state index contributed by atoms with van der Waals surface area (Å²) in [5, 5.41) is 1.25.